The molecule has 1 unspecified atom stereocenters. The van der Waals surface area contributed by atoms with E-state index in [-0.39, 0.29) is 0 Å². The van der Waals surface area contributed by atoms with Crippen LogP contribution in [0, 0.1) is 0 Å². The summed E-state index contributed by atoms with van der Waals surface area (Å²) >= 11 is 0. The lowest BCUT2D eigenvalue weighted by atomic mass is 10.0. The number of nitrogens with zero attached hydrogens (tertiary/aromatic N) is 2. The predicted molar refractivity (Wildman–Crippen MR) is 177 cm³/mol. The summed E-state index contributed by atoms with van der Waals surface area (Å²) in [7, 11) is 0. The highest BCUT2D eigenvalue weighted by molar-refractivity contribution is 4.96. The maximum Gasteiger partial charge on any atom is 0.100 e. The molecule has 0 aromatic carbocycles. The van der Waals surface area contributed by atoms with E-state index >= 15 is 0 Å². The third-order valence-corrected chi connectivity index (χ3v) is 9.12. The van der Waals surface area contributed by atoms with Crippen molar-refractivity contribution in [1.29, 1.82) is 0 Å². The molecule has 1 rings (SSSR count). The van der Waals surface area contributed by atoms with Gasteiger partial charge in [0.1, 0.15) is 6.17 Å². The molecule has 2 nitrogen and oxygen atoms in total. The van der Waals surface area contributed by atoms with Crippen LogP contribution >= 0.6 is 0 Å². The van der Waals surface area contributed by atoms with Gasteiger partial charge in [-0.2, -0.15) is 0 Å². The van der Waals surface area contributed by atoms with Crippen LogP contribution in [0.3, 0.4) is 0 Å². The maximum atomic E-state index is 2.63. The molecule has 1 aliphatic rings. The summed E-state index contributed by atoms with van der Waals surface area (Å²) in [5.41, 5.74) is 0. The zero-order valence-corrected chi connectivity index (χ0v) is 27.5. The molecule has 0 amide bonds. The van der Waals surface area contributed by atoms with E-state index in [2.05, 4.69) is 43.0 Å². The Labute approximate surface area is 248 Å². The van der Waals surface area contributed by atoms with Gasteiger partial charge in [0.05, 0.1) is 0 Å². The van der Waals surface area contributed by atoms with E-state index in [1.807, 2.05) is 0 Å². The second-order valence-electron chi connectivity index (χ2n) is 12.9. The van der Waals surface area contributed by atoms with Crippen LogP contribution in [0.4, 0.5) is 0 Å². The highest BCUT2D eigenvalue weighted by Crippen LogP contribution is 2.21. The number of unbranched alkanes of at least 4 members (excludes halogenated alkanes) is 26. The molecule has 0 bridgehead atoms. The smallest absolute Gasteiger partial charge is 0.100 e. The third kappa shape index (κ3) is 21.7. The van der Waals surface area contributed by atoms with Crippen LogP contribution in [-0.4, -0.2) is 29.1 Å². The molecule has 0 saturated carbocycles. The van der Waals surface area contributed by atoms with Crippen LogP contribution in [0.1, 0.15) is 207 Å². The fourth-order valence-corrected chi connectivity index (χ4v) is 6.45. The second kappa shape index (κ2) is 28.9. The molecule has 0 aromatic heterocycles. The standard InChI is InChI=1S/C37H74N2/c1-4-7-9-11-13-15-17-18-19-20-21-22-24-26-28-30-32-34-39-36-35-38(37(39)6-3)33-31-29-27-25-23-16-14-12-10-8-5-2/h35-37H,4-34H2,1-3H3. The predicted octanol–water partition coefficient (Wildman–Crippen LogP) is 12.8. The monoisotopic (exact) mass is 547 g/mol. The van der Waals surface area contributed by atoms with Gasteiger partial charge >= 0.3 is 0 Å². The van der Waals surface area contributed by atoms with Gasteiger partial charge in [0, 0.05) is 25.5 Å². The number of hydrogen-bond acceptors (Lipinski definition) is 2. The summed E-state index contributed by atoms with van der Waals surface area (Å²) in [5.74, 6) is 0. The second-order valence-corrected chi connectivity index (χ2v) is 12.9. The van der Waals surface area contributed by atoms with Crippen molar-refractivity contribution in [2.75, 3.05) is 13.1 Å². The molecule has 232 valence electrons. The highest BCUT2D eigenvalue weighted by atomic mass is 15.4. The Morgan fingerprint density at radius 2 is 0.564 bits per heavy atom. The Hall–Kier alpha value is -0.660. The van der Waals surface area contributed by atoms with Crippen molar-refractivity contribution in [3.8, 4) is 0 Å². The minimum absolute atomic E-state index is 0.620. The molecule has 1 heterocycles. The molecule has 0 radical (unpaired) electrons. The molecular formula is C37H74N2. The molecule has 1 aliphatic heterocycles. The summed E-state index contributed by atoms with van der Waals surface area (Å²) in [6.45, 7) is 9.49. The molecule has 0 N–H and O–H groups in total. The lowest BCUT2D eigenvalue weighted by Gasteiger charge is -2.32. The molecule has 1 atom stereocenters. The SMILES string of the molecule is CCCCCCCCCCCCCCCCCCCN1C=CN(CCCCCCCCCCCCC)C1CC. The van der Waals surface area contributed by atoms with Crippen molar-refractivity contribution in [2.45, 2.75) is 213 Å². The van der Waals surface area contributed by atoms with Gasteiger partial charge in [0.25, 0.3) is 0 Å². The topological polar surface area (TPSA) is 6.48 Å². The van der Waals surface area contributed by atoms with Gasteiger partial charge in [-0.25, -0.2) is 0 Å². The minimum Gasteiger partial charge on any atom is -0.356 e. The van der Waals surface area contributed by atoms with Crippen molar-refractivity contribution >= 4 is 0 Å². The minimum atomic E-state index is 0.620. The van der Waals surface area contributed by atoms with E-state index in [9.17, 15) is 0 Å². The first kappa shape index (κ1) is 36.4. The number of rotatable bonds is 31. The van der Waals surface area contributed by atoms with Gasteiger partial charge in [-0.3, -0.25) is 0 Å². The molecule has 0 spiro atoms. The third-order valence-electron chi connectivity index (χ3n) is 9.12. The number of hydrogen-bond donors (Lipinski definition) is 0. The van der Waals surface area contributed by atoms with Crippen LogP contribution < -0.4 is 0 Å². The zero-order valence-electron chi connectivity index (χ0n) is 27.5. The summed E-state index contributed by atoms with van der Waals surface area (Å²) < 4.78 is 0. The largest absolute Gasteiger partial charge is 0.356 e. The quantitative estimate of drug-likeness (QED) is 0.0798. The van der Waals surface area contributed by atoms with Crippen LogP contribution in [0.15, 0.2) is 12.4 Å². The molecular weight excluding hydrogens is 472 g/mol. The van der Waals surface area contributed by atoms with Crippen LogP contribution in [0.2, 0.25) is 0 Å². The first-order valence-corrected chi connectivity index (χ1v) is 18.5. The van der Waals surface area contributed by atoms with E-state index in [1.165, 1.54) is 199 Å². The first-order chi connectivity index (χ1) is 19.3. The molecule has 2 heteroatoms. The van der Waals surface area contributed by atoms with E-state index in [0.29, 0.717) is 6.17 Å². The van der Waals surface area contributed by atoms with Gasteiger partial charge in [-0.1, -0.05) is 188 Å². The van der Waals surface area contributed by atoms with Gasteiger partial charge < -0.3 is 9.80 Å². The average molecular weight is 547 g/mol. The Morgan fingerprint density at radius 1 is 0.333 bits per heavy atom. The lowest BCUT2D eigenvalue weighted by Crippen LogP contribution is -2.38. The summed E-state index contributed by atoms with van der Waals surface area (Å²) in [5, 5.41) is 0. The normalized spacial score (nSPS) is 15.2. The average Bonchev–Trinajstić information content (AvgIpc) is 3.34. The summed E-state index contributed by atoms with van der Waals surface area (Å²) in [4.78, 5) is 5.26. The summed E-state index contributed by atoms with van der Waals surface area (Å²) in [6, 6.07) is 0. The lowest BCUT2D eigenvalue weighted by molar-refractivity contribution is 0.144. The Kier molecular flexibility index (Phi) is 26.9. The Balaban J connectivity index is 1.87. The van der Waals surface area contributed by atoms with Gasteiger partial charge in [-0.05, 0) is 19.3 Å². The molecule has 0 saturated heterocycles. The molecule has 0 aliphatic carbocycles. The van der Waals surface area contributed by atoms with Crippen LogP contribution in [0.25, 0.3) is 0 Å². The maximum absolute atomic E-state index is 2.63. The fourth-order valence-electron chi connectivity index (χ4n) is 6.45. The molecule has 39 heavy (non-hydrogen) atoms. The van der Waals surface area contributed by atoms with E-state index < -0.39 is 0 Å². The Bertz CT molecular complexity index is 502. The highest BCUT2D eigenvalue weighted by Gasteiger charge is 2.23. The van der Waals surface area contributed by atoms with E-state index in [4.69, 9.17) is 0 Å². The van der Waals surface area contributed by atoms with E-state index in [1.54, 1.807) is 0 Å². The zero-order chi connectivity index (χ0) is 28.1. The molecule has 0 fully saturated rings. The van der Waals surface area contributed by atoms with Crippen molar-refractivity contribution in [3.63, 3.8) is 0 Å². The van der Waals surface area contributed by atoms with Crippen LogP contribution in [-0.2, 0) is 0 Å². The summed E-state index contributed by atoms with van der Waals surface area (Å²) in [6.07, 6.45) is 47.1. The van der Waals surface area contributed by atoms with Crippen molar-refractivity contribution < 1.29 is 0 Å². The van der Waals surface area contributed by atoms with E-state index in [0.717, 1.165) is 0 Å². The van der Waals surface area contributed by atoms with Gasteiger partial charge in [0.15, 0.2) is 0 Å². The van der Waals surface area contributed by atoms with Crippen molar-refractivity contribution in [2.24, 2.45) is 0 Å². The van der Waals surface area contributed by atoms with Crippen LogP contribution in [0.5, 0.6) is 0 Å². The fraction of sp³-hybridized carbons (Fsp3) is 0.946. The van der Waals surface area contributed by atoms with Crippen molar-refractivity contribution in [1.82, 2.24) is 9.80 Å². The van der Waals surface area contributed by atoms with Gasteiger partial charge in [-0.15, -0.1) is 0 Å². The Morgan fingerprint density at radius 3 is 0.795 bits per heavy atom. The first-order valence-electron chi connectivity index (χ1n) is 18.5. The van der Waals surface area contributed by atoms with Gasteiger partial charge in [0.2, 0.25) is 0 Å². The molecule has 0 aromatic rings. The van der Waals surface area contributed by atoms with Crippen molar-refractivity contribution in [3.05, 3.63) is 12.4 Å².